The molecule has 0 heterocycles. The molecule has 0 spiro atoms. The van der Waals surface area contributed by atoms with E-state index in [0.717, 1.165) is 11.1 Å². The van der Waals surface area contributed by atoms with E-state index in [1.54, 1.807) is 6.92 Å². The molecule has 2 atom stereocenters. The molecule has 124 valence electrons. The van der Waals surface area contributed by atoms with Gasteiger partial charge in [-0.1, -0.05) is 66.7 Å². The summed E-state index contributed by atoms with van der Waals surface area (Å²) in [6.07, 6.45) is 1.83. The molecule has 0 unspecified atom stereocenters. The average Bonchev–Trinajstić information content (AvgIpc) is 2.70. The molecule has 0 saturated heterocycles. The lowest BCUT2D eigenvalue weighted by atomic mass is 9.53. The highest BCUT2D eigenvalue weighted by atomic mass is 14.7. The fourth-order valence-corrected chi connectivity index (χ4v) is 3.63. The molecule has 0 saturated carbocycles. The molecule has 1 aliphatic rings. The van der Waals surface area contributed by atoms with Gasteiger partial charge >= 0.3 is 0 Å². The second kappa shape index (κ2) is 6.32. The molecule has 3 rings (SSSR count). The molecule has 2 aromatic carbocycles. The van der Waals surface area contributed by atoms with E-state index in [4.69, 9.17) is 5.41 Å². The lowest BCUT2D eigenvalue weighted by Gasteiger charge is -2.44. The van der Waals surface area contributed by atoms with Crippen LogP contribution in [0.2, 0.25) is 0 Å². The van der Waals surface area contributed by atoms with Crippen molar-refractivity contribution in [1.29, 1.82) is 21.2 Å². The molecule has 0 fully saturated rings. The summed E-state index contributed by atoms with van der Waals surface area (Å²) in [7, 11) is 0. The number of nitrogens with zero attached hydrogens (tertiary/aromatic N) is 3. The number of hydrogen-bond acceptors (Lipinski definition) is 4. The molecule has 1 N–H and O–H groups in total. The number of hydrogen-bond donors (Lipinski definition) is 1. The Hall–Kier alpha value is -3.68. The normalized spacial score (nSPS) is 23.8. The van der Waals surface area contributed by atoms with Crippen LogP contribution in [0.5, 0.6) is 0 Å². The van der Waals surface area contributed by atoms with Gasteiger partial charge in [0.1, 0.15) is 5.92 Å². The topological polar surface area (TPSA) is 95.2 Å². The van der Waals surface area contributed by atoms with Gasteiger partial charge in [0.15, 0.2) is 5.41 Å². The summed E-state index contributed by atoms with van der Waals surface area (Å²) in [5, 5.41) is 38.2. The van der Waals surface area contributed by atoms with Gasteiger partial charge in [0, 0.05) is 5.41 Å². The summed E-state index contributed by atoms with van der Waals surface area (Å²) < 4.78 is 0. The van der Waals surface area contributed by atoms with E-state index in [2.05, 4.69) is 18.2 Å². The van der Waals surface area contributed by atoms with Crippen LogP contribution in [0.1, 0.15) is 18.1 Å². The van der Waals surface area contributed by atoms with Crippen molar-refractivity contribution in [3.8, 4) is 18.2 Å². The van der Waals surface area contributed by atoms with Gasteiger partial charge in [0.25, 0.3) is 0 Å². The molecule has 4 nitrogen and oxygen atoms in total. The Balaban J connectivity index is 2.39. The van der Waals surface area contributed by atoms with Crippen molar-refractivity contribution in [2.45, 2.75) is 12.3 Å². The molecule has 1 aliphatic carbocycles. The summed E-state index contributed by atoms with van der Waals surface area (Å²) in [5.41, 5.74) is -0.725. The molecule has 26 heavy (non-hydrogen) atoms. The van der Waals surface area contributed by atoms with Gasteiger partial charge in [-0.3, -0.25) is 0 Å². The SMILES string of the molecule is C[C@]1(c2ccccc2)C=C(c2ccccc2)[C@@H](C#N)C(=N)C1(C#N)C#N. The van der Waals surface area contributed by atoms with Crippen LogP contribution in [-0.2, 0) is 5.41 Å². The first-order valence-electron chi connectivity index (χ1n) is 8.19. The second-order valence-corrected chi connectivity index (χ2v) is 6.48. The summed E-state index contributed by atoms with van der Waals surface area (Å²) in [6.45, 7) is 1.79. The number of nitrogens with one attached hydrogen (secondary N) is 1. The van der Waals surface area contributed by atoms with E-state index in [0.29, 0.717) is 5.57 Å². The zero-order valence-corrected chi connectivity index (χ0v) is 14.3. The Morgan fingerprint density at radius 2 is 1.42 bits per heavy atom. The predicted octanol–water partition coefficient (Wildman–Crippen LogP) is 4.23. The van der Waals surface area contributed by atoms with Crippen molar-refractivity contribution in [2.75, 3.05) is 0 Å². The maximum atomic E-state index is 9.93. The summed E-state index contributed by atoms with van der Waals surface area (Å²) in [5.74, 6) is -0.937. The summed E-state index contributed by atoms with van der Waals surface area (Å²) >= 11 is 0. The van der Waals surface area contributed by atoms with E-state index >= 15 is 0 Å². The Morgan fingerprint density at radius 1 is 0.885 bits per heavy atom. The molecule has 0 amide bonds. The van der Waals surface area contributed by atoms with Crippen molar-refractivity contribution in [3.05, 3.63) is 77.9 Å². The van der Waals surface area contributed by atoms with Gasteiger partial charge in [-0.2, -0.15) is 15.8 Å². The van der Waals surface area contributed by atoms with Gasteiger partial charge in [-0.15, -0.1) is 0 Å². The van der Waals surface area contributed by atoms with Gasteiger partial charge in [0.2, 0.25) is 0 Å². The molecule has 4 heteroatoms. The van der Waals surface area contributed by atoms with Crippen molar-refractivity contribution in [2.24, 2.45) is 11.3 Å². The first-order chi connectivity index (χ1) is 12.5. The average molecular weight is 336 g/mol. The quantitative estimate of drug-likeness (QED) is 0.888. The smallest absolute Gasteiger partial charge is 0.195 e. The van der Waals surface area contributed by atoms with Crippen molar-refractivity contribution in [3.63, 3.8) is 0 Å². The highest BCUT2D eigenvalue weighted by Gasteiger charge is 2.58. The first-order valence-corrected chi connectivity index (χ1v) is 8.19. The minimum atomic E-state index is -1.74. The lowest BCUT2D eigenvalue weighted by Crippen LogP contribution is -2.51. The fraction of sp³-hybridized carbons (Fsp3) is 0.182. The van der Waals surface area contributed by atoms with Crippen LogP contribution in [0.4, 0.5) is 0 Å². The standard InChI is InChI=1S/C22H16N4/c1-21(17-10-6-3-7-11-17)12-18(16-8-4-2-5-9-16)19(13-23)20(26)22(21,14-24)15-25/h2-12,19,26H,1H3/t19-,21-/m1/s1. The van der Waals surface area contributed by atoms with Crippen LogP contribution in [0.25, 0.3) is 5.57 Å². The molecule has 0 bridgehead atoms. The monoisotopic (exact) mass is 336 g/mol. The molecular formula is C22H16N4. The Labute approximate surface area is 152 Å². The van der Waals surface area contributed by atoms with Crippen molar-refractivity contribution in [1.82, 2.24) is 0 Å². The number of nitriles is 3. The minimum absolute atomic E-state index is 0.169. The van der Waals surface area contributed by atoms with Gasteiger partial charge < -0.3 is 5.41 Å². The Morgan fingerprint density at radius 3 is 1.92 bits per heavy atom. The number of benzene rings is 2. The molecular weight excluding hydrogens is 320 g/mol. The predicted molar refractivity (Wildman–Crippen MR) is 98.7 cm³/mol. The van der Waals surface area contributed by atoms with Crippen LogP contribution in [0.3, 0.4) is 0 Å². The van der Waals surface area contributed by atoms with Gasteiger partial charge in [-0.05, 0) is 23.6 Å². The maximum absolute atomic E-state index is 9.93. The molecule has 0 aromatic heterocycles. The molecule has 0 radical (unpaired) electrons. The maximum Gasteiger partial charge on any atom is 0.195 e. The van der Waals surface area contributed by atoms with E-state index in [9.17, 15) is 15.8 Å². The zero-order chi connectivity index (χ0) is 18.8. The van der Waals surface area contributed by atoms with Gasteiger partial charge in [0.05, 0.1) is 23.9 Å². The Kier molecular flexibility index (Phi) is 4.17. The highest BCUT2D eigenvalue weighted by Crippen LogP contribution is 2.51. The van der Waals surface area contributed by atoms with Crippen molar-refractivity contribution < 1.29 is 0 Å². The minimum Gasteiger partial charge on any atom is -0.305 e. The van der Waals surface area contributed by atoms with Crippen LogP contribution < -0.4 is 0 Å². The highest BCUT2D eigenvalue weighted by molar-refractivity contribution is 6.08. The van der Waals surface area contributed by atoms with E-state index < -0.39 is 16.7 Å². The largest absolute Gasteiger partial charge is 0.305 e. The summed E-state index contributed by atoms with van der Waals surface area (Å²) in [4.78, 5) is 0. The van der Waals surface area contributed by atoms with E-state index in [1.165, 1.54) is 0 Å². The van der Waals surface area contributed by atoms with Crippen LogP contribution in [0, 0.1) is 50.7 Å². The van der Waals surface area contributed by atoms with Gasteiger partial charge in [-0.25, -0.2) is 0 Å². The van der Waals surface area contributed by atoms with Crippen LogP contribution in [-0.4, -0.2) is 5.71 Å². The Bertz CT molecular complexity index is 986. The van der Waals surface area contributed by atoms with Crippen molar-refractivity contribution >= 4 is 11.3 Å². The third-order valence-corrected chi connectivity index (χ3v) is 5.17. The second-order valence-electron chi connectivity index (χ2n) is 6.48. The van der Waals surface area contributed by atoms with Crippen LogP contribution >= 0.6 is 0 Å². The number of allylic oxidation sites excluding steroid dienone is 2. The molecule has 2 aromatic rings. The third-order valence-electron chi connectivity index (χ3n) is 5.17. The zero-order valence-electron chi connectivity index (χ0n) is 14.3. The molecule has 0 aliphatic heterocycles. The fourth-order valence-electron chi connectivity index (χ4n) is 3.63. The number of rotatable bonds is 2. The van der Waals surface area contributed by atoms with Crippen LogP contribution in [0.15, 0.2) is 66.7 Å². The van der Waals surface area contributed by atoms with E-state index in [1.807, 2.05) is 66.7 Å². The summed E-state index contributed by atoms with van der Waals surface area (Å²) in [6, 6.07) is 24.9. The van der Waals surface area contributed by atoms with E-state index in [-0.39, 0.29) is 5.71 Å². The first kappa shape index (κ1) is 17.2. The lowest BCUT2D eigenvalue weighted by molar-refractivity contribution is 0.427. The third kappa shape index (κ3) is 2.23.